The quantitative estimate of drug-likeness (QED) is 0.751. The third-order valence-electron chi connectivity index (χ3n) is 3.93. The van der Waals surface area contributed by atoms with Gasteiger partial charge in [0.1, 0.15) is 24.1 Å². The van der Waals surface area contributed by atoms with Crippen molar-refractivity contribution in [1.29, 1.82) is 5.26 Å². The maximum absolute atomic E-state index is 13.9. The third-order valence-corrected chi connectivity index (χ3v) is 3.93. The molecule has 2 rings (SSSR count). The molecule has 1 aromatic carbocycles. The predicted octanol–water partition coefficient (Wildman–Crippen LogP) is 3.94. The van der Waals surface area contributed by atoms with E-state index in [1.165, 1.54) is 4.90 Å². The van der Waals surface area contributed by atoms with Gasteiger partial charge in [-0.15, -0.1) is 0 Å². The zero-order valence-electron chi connectivity index (χ0n) is 15.7. The average Bonchev–Trinajstić information content (AvgIpc) is 2.82. The molecule has 1 fully saturated rings. The summed E-state index contributed by atoms with van der Waals surface area (Å²) in [5.74, 6) is 5.02. The molecule has 0 N–H and O–H groups in total. The SMILES string of the molecule is CC(C)(C)OC(=O)N1C(CF)C(c2ccc(C#CC#N)cc2)OC1(C)C. The van der Waals surface area contributed by atoms with Crippen LogP contribution < -0.4 is 0 Å². The summed E-state index contributed by atoms with van der Waals surface area (Å²) in [5, 5.41) is 8.51. The number of carbonyl (C=O) groups excluding carboxylic acids is 1. The van der Waals surface area contributed by atoms with E-state index in [0.29, 0.717) is 5.56 Å². The zero-order valence-corrected chi connectivity index (χ0v) is 15.7. The van der Waals surface area contributed by atoms with Crippen LogP contribution >= 0.6 is 0 Å². The van der Waals surface area contributed by atoms with Crippen molar-refractivity contribution >= 4 is 6.09 Å². The van der Waals surface area contributed by atoms with E-state index in [2.05, 4.69) is 11.8 Å². The molecule has 1 saturated heterocycles. The lowest BCUT2D eigenvalue weighted by Crippen LogP contribution is -2.50. The average molecular weight is 358 g/mol. The molecule has 2 atom stereocenters. The summed E-state index contributed by atoms with van der Waals surface area (Å²) in [6.45, 7) is 7.95. The van der Waals surface area contributed by atoms with Gasteiger partial charge in [0.05, 0.1) is 6.04 Å². The summed E-state index contributed by atoms with van der Waals surface area (Å²) in [5.41, 5.74) is -0.293. The minimum absolute atomic E-state index is 0.607. The van der Waals surface area contributed by atoms with Crippen LogP contribution in [-0.2, 0) is 9.47 Å². The van der Waals surface area contributed by atoms with E-state index in [0.717, 1.165) is 5.56 Å². The molecule has 26 heavy (non-hydrogen) atoms. The van der Waals surface area contributed by atoms with Gasteiger partial charge in [-0.3, -0.25) is 4.90 Å². The standard InChI is InChI=1S/C20H23FN2O3/c1-19(2,3)26-18(24)23-16(13-21)17(25-20(23,4)5)15-10-8-14(9-11-15)7-6-12-22/h8-11,16-17H,13H2,1-5H3. The maximum atomic E-state index is 13.9. The van der Waals surface area contributed by atoms with Crippen LogP contribution in [0.25, 0.3) is 0 Å². The summed E-state index contributed by atoms with van der Waals surface area (Å²) < 4.78 is 25.3. The van der Waals surface area contributed by atoms with Crippen molar-refractivity contribution in [3.63, 3.8) is 0 Å². The van der Waals surface area contributed by atoms with Gasteiger partial charge in [-0.25, -0.2) is 9.18 Å². The Morgan fingerprint density at radius 2 is 1.96 bits per heavy atom. The predicted molar refractivity (Wildman–Crippen MR) is 94.7 cm³/mol. The Labute approximate surface area is 153 Å². The molecule has 0 saturated carbocycles. The molecule has 1 aliphatic rings. The second-order valence-corrected chi connectivity index (χ2v) is 7.54. The first kappa shape index (κ1) is 19.8. The smallest absolute Gasteiger partial charge is 0.413 e. The summed E-state index contributed by atoms with van der Waals surface area (Å²) in [7, 11) is 0. The Kier molecular flexibility index (Phi) is 5.59. The maximum Gasteiger partial charge on any atom is 0.413 e. The number of nitriles is 1. The van der Waals surface area contributed by atoms with Gasteiger partial charge < -0.3 is 9.47 Å². The second-order valence-electron chi connectivity index (χ2n) is 7.54. The van der Waals surface area contributed by atoms with Crippen LogP contribution in [-0.4, -0.2) is 35.0 Å². The Bertz CT molecular complexity index is 763. The van der Waals surface area contributed by atoms with Gasteiger partial charge in [0.15, 0.2) is 6.07 Å². The van der Waals surface area contributed by atoms with Gasteiger partial charge in [0, 0.05) is 11.5 Å². The Hall–Kier alpha value is -2.57. The number of amides is 1. The van der Waals surface area contributed by atoms with Crippen LogP contribution in [0.5, 0.6) is 0 Å². The van der Waals surface area contributed by atoms with E-state index in [9.17, 15) is 9.18 Å². The molecular formula is C20H23FN2O3. The molecule has 138 valence electrons. The highest BCUT2D eigenvalue weighted by Crippen LogP contribution is 2.42. The van der Waals surface area contributed by atoms with Crippen LogP contribution in [0.2, 0.25) is 0 Å². The minimum atomic E-state index is -1.01. The van der Waals surface area contributed by atoms with Crippen molar-refractivity contribution < 1.29 is 18.7 Å². The molecule has 1 amide bonds. The molecule has 2 unspecified atom stereocenters. The largest absolute Gasteiger partial charge is 0.444 e. The van der Waals surface area contributed by atoms with Gasteiger partial charge >= 0.3 is 6.09 Å². The molecule has 1 aliphatic heterocycles. The lowest BCUT2D eigenvalue weighted by molar-refractivity contribution is -0.0797. The topological polar surface area (TPSA) is 62.6 Å². The van der Waals surface area contributed by atoms with Crippen molar-refractivity contribution in [3.05, 3.63) is 35.4 Å². The van der Waals surface area contributed by atoms with E-state index in [1.807, 2.05) is 0 Å². The highest BCUT2D eigenvalue weighted by Gasteiger charge is 2.51. The van der Waals surface area contributed by atoms with Crippen LogP contribution in [0.3, 0.4) is 0 Å². The van der Waals surface area contributed by atoms with Gasteiger partial charge in [-0.1, -0.05) is 18.1 Å². The van der Waals surface area contributed by atoms with E-state index in [-0.39, 0.29) is 0 Å². The zero-order chi connectivity index (χ0) is 19.5. The Morgan fingerprint density at radius 3 is 2.46 bits per heavy atom. The van der Waals surface area contributed by atoms with Crippen LogP contribution in [0.15, 0.2) is 24.3 Å². The fourth-order valence-corrected chi connectivity index (χ4v) is 2.94. The Balaban J connectivity index is 2.31. The van der Waals surface area contributed by atoms with Gasteiger partial charge in [-0.05, 0) is 52.3 Å². The first-order valence-corrected chi connectivity index (χ1v) is 8.35. The lowest BCUT2D eigenvalue weighted by Gasteiger charge is -2.34. The summed E-state index contributed by atoms with van der Waals surface area (Å²) in [4.78, 5) is 13.9. The number of carbonyl (C=O) groups is 1. The van der Waals surface area contributed by atoms with E-state index in [1.54, 1.807) is 65.0 Å². The van der Waals surface area contributed by atoms with Crippen molar-refractivity contribution in [2.45, 2.75) is 58.1 Å². The molecule has 1 heterocycles. The van der Waals surface area contributed by atoms with Gasteiger partial charge in [0.25, 0.3) is 0 Å². The van der Waals surface area contributed by atoms with Gasteiger partial charge in [0.2, 0.25) is 0 Å². The number of rotatable bonds is 2. The van der Waals surface area contributed by atoms with E-state index >= 15 is 0 Å². The molecular weight excluding hydrogens is 335 g/mol. The number of hydrogen-bond donors (Lipinski definition) is 0. The van der Waals surface area contributed by atoms with E-state index < -0.39 is 36.2 Å². The molecule has 0 aromatic heterocycles. The lowest BCUT2D eigenvalue weighted by atomic mass is 10.0. The van der Waals surface area contributed by atoms with Crippen molar-refractivity contribution in [3.8, 4) is 17.9 Å². The number of alkyl halides is 1. The third kappa shape index (κ3) is 4.33. The van der Waals surface area contributed by atoms with Crippen LogP contribution in [0, 0.1) is 23.2 Å². The number of hydrogen-bond acceptors (Lipinski definition) is 4. The van der Waals surface area contributed by atoms with Crippen molar-refractivity contribution in [2.75, 3.05) is 6.67 Å². The first-order valence-electron chi connectivity index (χ1n) is 8.35. The molecule has 0 spiro atoms. The molecule has 0 aliphatic carbocycles. The molecule has 6 heteroatoms. The highest BCUT2D eigenvalue weighted by molar-refractivity contribution is 5.70. The molecule has 5 nitrogen and oxygen atoms in total. The molecule has 0 bridgehead atoms. The van der Waals surface area contributed by atoms with Crippen LogP contribution in [0.4, 0.5) is 9.18 Å². The number of benzene rings is 1. The van der Waals surface area contributed by atoms with Gasteiger partial charge in [-0.2, -0.15) is 5.26 Å². The number of nitrogens with zero attached hydrogens (tertiary/aromatic N) is 2. The second kappa shape index (κ2) is 7.35. The monoisotopic (exact) mass is 358 g/mol. The highest BCUT2D eigenvalue weighted by atomic mass is 19.1. The Morgan fingerprint density at radius 1 is 1.35 bits per heavy atom. The fourth-order valence-electron chi connectivity index (χ4n) is 2.94. The normalized spacial score (nSPS) is 21.5. The first-order chi connectivity index (χ1) is 12.1. The summed E-state index contributed by atoms with van der Waals surface area (Å²) in [6, 6.07) is 7.97. The van der Waals surface area contributed by atoms with Crippen LogP contribution in [0.1, 0.15) is 51.8 Å². The molecule has 1 aromatic rings. The van der Waals surface area contributed by atoms with Crippen molar-refractivity contribution in [1.82, 2.24) is 4.90 Å². The molecule has 0 radical (unpaired) electrons. The fraction of sp³-hybridized carbons (Fsp3) is 0.500. The summed E-state index contributed by atoms with van der Waals surface area (Å²) in [6.07, 6.45) is -1.23. The number of halogens is 1. The summed E-state index contributed by atoms with van der Waals surface area (Å²) >= 11 is 0. The number of ether oxygens (including phenoxy) is 2. The van der Waals surface area contributed by atoms with E-state index in [4.69, 9.17) is 14.7 Å². The van der Waals surface area contributed by atoms with Crippen molar-refractivity contribution in [2.24, 2.45) is 0 Å². The minimum Gasteiger partial charge on any atom is -0.444 e.